The zero-order valence-electron chi connectivity index (χ0n) is 8.84. The smallest absolute Gasteiger partial charge is 0.107 e. The summed E-state index contributed by atoms with van der Waals surface area (Å²) < 4.78 is 0. The van der Waals surface area contributed by atoms with E-state index in [9.17, 15) is 0 Å². The molecule has 1 rings (SSSR count). The average molecular weight is 190 g/mol. The third-order valence-corrected chi connectivity index (χ3v) is 3.28. The highest BCUT2D eigenvalue weighted by molar-refractivity contribution is 5.10. The molecule has 14 heavy (non-hydrogen) atoms. The summed E-state index contributed by atoms with van der Waals surface area (Å²) in [6, 6.07) is 2.39. The molecule has 0 aromatic rings. The highest BCUT2D eigenvalue weighted by Crippen LogP contribution is 2.33. The van der Waals surface area contributed by atoms with Crippen LogP contribution in [0.2, 0.25) is 0 Å². The molecule has 2 nitrogen and oxygen atoms in total. The number of hydrogen-bond donors (Lipinski definition) is 1. The zero-order chi connectivity index (χ0) is 10.4. The lowest BCUT2D eigenvalue weighted by atomic mass is 9.76. The van der Waals surface area contributed by atoms with Gasteiger partial charge in [-0.2, -0.15) is 5.26 Å². The van der Waals surface area contributed by atoms with Gasteiger partial charge in [0, 0.05) is 0 Å². The normalized spacial score (nSPS) is 31.8. The average Bonchev–Trinajstić information content (AvgIpc) is 2.27. The summed E-state index contributed by atoms with van der Waals surface area (Å²) in [5.74, 6) is 3.35. The summed E-state index contributed by atoms with van der Waals surface area (Å²) in [7, 11) is 0. The van der Waals surface area contributed by atoms with Gasteiger partial charge in [0.2, 0.25) is 0 Å². The standard InChI is InChI=1S/C12H18N2/c1-3-9-14-12(10-13)7-5-11(4-2)6-8-12/h1,11,14H,4-9H2,2H3. The van der Waals surface area contributed by atoms with Crippen LogP contribution in [0.4, 0.5) is 0 Å². The highest BCUT2D eigenvalue weighted by atomic mass is 15.0. The maximum Gasteiger partial charge on any atom is 0.107 e. The van der Waals surface area contributed by atoms with Gasteiger partial charge in [-0.1, -0.05) is 19.3 Å². The van der Waals surface area contributed by atoms with Crippen LogP contribution in [-0.4, -0.2) is 12.1 Å². The summed E-state index contributed by atoms with van der Waals surface area (Å²) in [5, 5.41) is 12.3. The SMILES string of the molecule is C#CCNC1(C#N)CCC(CC)CC1. The van der Waals surface area contributed by atoms with Gasteiger partial charge >= 0.3 is 0 Å². The topological polar surface area (TPSA) is 35.8 Å². The largest absolute Gasteiger partial charge is 0.288 e. The molecular formula is C12H18N2. The van der Waals surface area contributed by atoms with Gasteiger partial charge in [-0.15, -0.1) is 6.42 Å². The number of terminal acetylenes is 1. The maximum absolute atomic E-state index is 9.15. The Morgan fingerprint density at radius 1 is 1.50 bits per heavy atom. The summed E-state index contributed by atoms with van der Waals surface area (Å²) >= 11 is 0. The molecule has 1 saturated carbocycles. The predicted molar refractivity (Wildman–Crippen MR) is 57.4 cm³/mol. The Hall–Kier alpha value is -0.990. The number of nitrogens with one attached hydrogen (secondary N) is 1. The number of nitrogens with zero attached hydrogens (tertiary/aromatic N) is 1. The Morgan fingerprint density at radius 3 is 2.57 bits per heavy atom. The third kappa shape index (κ3) is 2.50. The van der Waals surface area contributed by atoms with Crippen molar-refractivity contribution in [3.05, 3.63) is 0 Å². The minimum absolute atomic E-state index is 0.335. The predicted octanol–water partition coefficient (Wildman–Crippen LogP) is 2.07. The Balaban J connectivity index is 2.50. The van der Waals surface area contributed by atoms with Crippen LogP contribution >= 0.6 is 0 Å². The second-order valence-corrected chi connectivity index (χ2v) is 4.10. The van der Waals surface area contributed by atoms with Gasteiger partial charge < -0.3 is 0 Å². The lowest BCUT2D eigenvalue weighted by Crippen LogP contribution is -2.46. The molecule has 2 heteroatoms. The Kier molecular flexibility index (Phi) is 3.98. The molecule has 0 spiro atoms. The van der Waals surface area contributed by atoms with Gasteiger partial charge in [0.05, 0.1) is 12.6 Å². The number of nitriles is 1. The van der Waals surface area contributed by atoms with Crippen molar-refractivity contribution in [1.82, 2.24) is 5.32 Å². The minimum Gasteiger partial charge on any atom is -0.288 e. The van der Waals surface area contributed by atoms with Crippen LogP contribution in [0.1, 0.15) is 39.0 Å². The van der Waals surface area contributed by atoms with E-state index in [4.69, 9.17) is 11.7 Å². The molecule has 1 N–H and O–H groups in total. The first-order valence-electron chi connectivity index (χ1n) is 5.36. The molecule has 0 saturated heterocycles. The molecule has 0 aliphatic heterocycles. The summed E-state index contributed by atoms with van der Waals surface area (Å²) in [6.07, 6.45) is 10.6. The molecule has 76 valence electrons. The lowest BCUT2D eigenvalue weighted by molar-refractivity contribution is 0.240. The van der Waals surface area contributed by atoms with Gasteiger partial charge in [0.25, 0.3) is 0 Å². The summed E-state index contributed by atoms with van der Waals surface area (Å²) in [5.41, 5.74) is -0.335. The molecule has 0 radical (unpaired) electrons. The van der Waals surface area contributed by atoms with Crippen molar-refractivity contribution < 1.29 is 0 Å². The molecule has 0 aromatic carbocycles. The summed E-state index contributed by atoms with van der Waals surface area (Å²) in [6.45, 7) is 2.73. The number of rotatable bonds is 3. The lowest BCUT2D eigenvalue weighted by Gasteiger charge is -2.34. The van der Waals surface area contributed by atoms with Crippen LogP contribution < -0.4 is 5.32 Å². The van der Waals surface area contributed by atoms with Crippen LogP contribution in [0.5, 0.6) is 0 Å². The van der Waals surface area contributed by atoms with E-state index in [0.29, 0.717) is 6.54 Å². The molecule has 1 aliphatic carbocycles. The third-order valence-electron chi connectivity index (χ3n) is 3.28. The highest BCUT2D eigenvalue weighted by Gasteiger charge is 2.34. The molecule has 0 atom stereocenters. The van der Waals surface area contributed by atoms with Gasteiger partial charge in [0.15, 0.2) is 0 Å². The van der Waals surface area contributed by atoms with E-state index in [1.807, 2.05) is 0 Å². The van der Waals surface area contributed by atoms with Crippen molar-refractivity contribution in [2.24, 2.45) is 5.92 Å². The van der Waals surface area contributed by atoms with E-state index in [2.05, 4.69) is 24.2 Å². The first-order valence-corrected chi connectivity index (χ1v) is 5.36. The van der Waals surface area contributed by atoms with E-state index >= 15 is 0 Å². The molecule has 0 bridgehead atoms. The summed E-state index contributed by atoms with van der Waals surface area (Å²) in [4.78, 5) is 0. The maximum atomic E-state index is 9.15. The van der Waals surface area contributed by atoms with Crippen molar-refractivity contribution in [2.45, 2.75) is 44.6 Å². The first kappa shape index (κ1) is 11.1. The number of hydrogen-bond acceptors (Lipinski definition) is 2. The molecule has 0 heterocycles. The van der Waals surface area contributed by atoms with E-state index in [1.165, 1.54) is 6.42 Å². The Labute approximate surface area is 86.7 Å². The van der Waals surface area contributed by atoms with E-state index in [0.717, 1.165) is 31.6 Å². The molecule has 0 unspecified atom stereocenters. The quantitative estimate of drug-likeness (QED) is 0.691. The van der Waals surface area contributed by atoms with Crippen molar-refractivity contribution >= 4 is 0 Å². The van der Waals surface area contributed by atoms with E-state index in [1.54, 1.807) is 0 Å². The molecule has 1 aliphatic rings. The second kappa shape index (κ2) is 5.03. The molecular weight excluding hydrogens is 172 g/mol. The van der Waals surface area contributed by atoms with Gasteiger partial charge in [-0.25, -0.2) is 0 Å². The van der Waals surface area contributed by atoms with Gasteiger partial charge in [-0.05, 0) is 31.6 Å². The second-order valence-electron chi connectivity index (χ2n) is 4.10. The fourth-order valence-corrected chi connectivity index (χ4v) is 2.13. The van der Waals surface area contributed by atoms with Gasteiger partial charge in [0.1, 0.15) is 5.54 Å². The fourth-order valence-electron chi connectivity index (χ4n) is 2.13. The van der Waals surface area contributed by atoms with Crippen molar-refractivity contribution in [3.8, 4) is 18.4 Å². The first-order chi connectivity index (χ1) is 6.76. The molecule has 0 amide bonds. The molecule has 1 fully saturated rings. The Morgan fingerprint density at radius 2 is 2.14 bits per heavy atom. The van der Waals surface area contributed by atoms with Crippen molar-refractivity contribution in [3.63, 3.8) is 0 Å². The zero-order valence-corrected chi connectivity index (χ0v) is 8.84. The monoisotopic (exact) mass is 190 g/mol. The van der Waals surface area contributed by atoms with Crippen LogP contribution in [0.15, 0.2) is 0 Å². The van der Waals surface area contributed by atoms with Crippen LogP contribution in [0.3, 0.4) is 0 Å². The Bertz CT molecular complexity index is 248. The van der Waals surface area contributed by atoms with Crippen molar-refractivity contribution in [1.29, 1.82) is 5.26 Å². The van der Waals surface area contributed by atoms with E-state index in [-0.39, 0.29) is 5.54 Å². The molecule has 0 aromatic heterocycles. The van der Waals surface area contributed by atoms with Crippen LogP contribution in [-0.2, 0) is 0 Å². The minimum atomic E-state index is -0.335. The van der Waals surface area contributed by atoms with Crippen LogP contribution in [0, 0.1) is 29.6 Å². The fraction of sp³-hybridized carbons (Fsp3) is 0.750. The van der Waals surface area contributed by atoms with Gasteiger partial charge in [-0.3, -0.25) is 5.32 Å². The van der Waals surface area contributed by atoms with Crippen molar-refractivity contribution in [2.75, 3.05) is 6.54 Å². The van der Waals surface area contributed by atoms with Crippen LogP contribution in [0.25, 0.3) is 0 Å². The van der Waals surface area contributed by atoms with E-state index < -0.39 is 0 Å².